The zero-order valence-electron chi connectivity index (χ0n) is 16.8. The van der Waals surface area contributed by atoms with Crippen LogP contribution in [0.5, 0.6) is 0 Å². The van der Waals surface area contributed by atoms with E-state index in [2.05, 4.69) is 44.2 Å². The molecule has 1 aromatic carbocycles. The van der Waals surface area contributed by atoms with E-state index in [4.69, 9.17) is 9.97 Å². The average molecular weight is 391 g/mol. The van der Waals surface area contributed by atoms with E-state index in [0.29, 0.717) is 12.5 Å². The fourth-order valence-electron chi connectivity index (χ4n) is 3.68. The van der Waals surface area contributed by atoms with Gasteiger partial charge in [0.05, 0.1) is 23.8 Å². The maximum Gasteiger partial charge on any atom is 0.230 e. The lowest BCUT2D eigenvalue weighted by Crippen LogP contribution is -2.45. The Labute approximate surface area is 168 Å². The molecule has 2 N–H and O–H groups in total. The molecule has 0 spiro atoms. The molecule has 4 heterocycles. The maximum absolute atomic E-state index is 4.84. The third-order valence-corrected chi connectivity index (χ3v) is 5.45. The smallest absolute Gasteiger partial charge is 0.230 e. The first-order valence-corrected chi connectivity index (χ1v) is 10.1. The molecule has 0 unspecified atom stereocenters. The van der Waals surface area contributed by atoms with E-state index in [9.17, 15) is 0 Å². The van der Waals surface area contributed by atoms with Crippen LogP contribution in [-0.2, 0) is 13.0 Å². The van der Waals surface area contributed by atoms with Crippen molar-refractivity contribution >= 4 is 28.6 Å². The molecule has 9 heteroatoms. The van der Waals surface area contributed by atoms with E-state index in [1.165, 1.54) is 0 Å². The fourth-order valence-corrected chi connectivity index (χ4v) is 3.68. The van der Waals surface area contributed by atoms with Crippen molar-refractivity contribution in [2.45, 2.75) is 19.9 Å². The van der Waals surface area contributed by atoms with Crippen LogP contribution in [0.3, 0.4) is 0 Å². The standard InChI is InChI=1S/C20H25N9/c1-3-14-12-22-29-18(14)25-20(28-10-8-27(2)9-11-28)26-19(29)21-13-17-23-15-6-4-5-7-16(15)24-17/h4-7,12H,3,8-11,13H2,1-2H3,(H,23,24)(H,21,25,26). The molecule has 1 fully saturated rings. The zero-order valence-corrected chi connectivity index (χ0v) is 16.8. The highest BCUT2D eigenvalue weighted by atomic mass is 15.4. The van der Waals surface area contributed by atoms with Gasteiger partial charge in [0, 0.05) is 31.7 Å². The van der Waals surface area contributed by atoms with E-state index in [-0.39, 0.29) is 0 Å². The van der Waals surface area contributed by atoms with Crippen LogP contribution in [0.15, 0.2) is 30.5 Å². The van der Waals surface area contributed by atoms with Crippen LogP contribution in [0, 0.1) is 0 Å². The molecule has 0 atom stereocenters. The number of H-pyrrole nitrogens is 1. The lowest BCUT2D eigenvalue weighted by molar-refractivity contribution is 0.311. The van der Waals surface area contributed by atoms with Gasteiger partial charge in [-0.2, -0.15) is 19.6 Å². The Morgan fingerprint density at radius 2 is 1.90 bits per heavy atom. The number of nitrogens with zero attached hydrogens (tertiary/aromatic N) is 7. The minimum atomic E-state index is 0.532. The van der Waals surface area contributed by atoms with E-state index < -0.39 is 0 Å². The molecule has 1 saturated heterocycles. The van der Waals surface area contributed by atoms with Crippen molar-refractivity contribution in [1.82, 2.24) is 34.4 Å². The van der Waals surface area contributed by atoms with E-state index in [0.717, 1.165) is 66.6 Å². The predicted octanol–water partition coefficient (Wildman–Crippen LogP) is 1.93. The lowest BCUT2D eigenvalue weighted by Gasteiger charge is -2.32. The second-order valence-corrected chi connectivity index (χ2v) is 7.45. The SMILES string of the molecule is CCc1cnn2c(NCc3nc4ccccc4[nH]3)nc(N3CCN(C)CC3)nc12. The molecular weight excluding hydrogens is 366 g/mol. The Hall–Kier alpha value is -3.20. The maximum atomic E-state index is 4.84. The number of piperazine rings is 1. The van der Waals surface area contributed by atoms with Gasteiger partial charge in [0.2, 0.25) is 11.9 Å². The van der Waals surface area contributed by atoms with E-state index in [1.54, 1.807) is 4.52 Å². The van der Waals surface area contributed by atoms with Crippen LogP contribution in [0.1, 0.15) is 18.3 Å². The summed E-state index contributed by atoms with van der Waals surface area (Å²) in [6.07, 6.45) is 2.76. The fraction of sp³-hybridized carbons (Fsp3) is 0.400. The number of aromatic nitrogens is 6. The van der Waals surface area contributed by atoms with Crippen LogP contribution >= 0.6 is 0 Å². The van der Waals surface area contributed by atoms with Crippen molar-refractivity contribution in [3.05, 3.63) is 41.9 Å². The van der Waals surface area contributed by atoms with Gasteiger partial charge in [-0.15, -0.1) is 0 Å². The number of fused-ring (bicyclic) bond motifs is 2. The first kappa shape index (κ1) is 17.9. The number of hydrogen-bond acceptors (Lipinski definition) is 7. The topological polar surface area (TPSA) is 90.3 Å². The number of benzene rings is 1. The van der Waals surface area contributed by atoms with Crippen LogP contribution in [-0.4, -0.2) is 67.7 Å². The highest BCUT2D eigenvalue weighted by Crippen LogP contribution is 2.20. The molecule has 0 amide bonds. The monoisotopic (exact) mass is 391 g/mol. The quantitative estimate of drug-likeness (QED) is 0.537. The van der Waals surface area contributed by atoms with Crippen molar-refractivity contribution in [2.75, 3.05) is 43.4 Å². The van der Waals surface area contributed by atoms with Crippen LogP contribution in [0.25, 0.3) is 16.7 Å². The van der Waals surface area contributed by atoms with Crippen molar-refractivity contribution in [1.29, 1.82) is 0 Å². The molecule has 0 aliphatic carbocycles. The number of nitrogens with one attached hydrogen (secondary N) is 2. The Kier molecular flexibility index (Phi) is 4.51. The molecule has 0 saturated carbocycles. The number of para-hydroxylation sites is 2. The molecule has 150 valence electrons. The number of aromatic amines is 1. The van der Waals surface area contributed by atoms with Gasteiger partial charge in [-0.05, 0) is 25.6 Å². The molecule has 1 aliphatic heterocycles. The Morgan fingerprint density at radius 3 is 2.69 bits per heavy atom. The number of rotatable bonds is 5. The van der Waals surface area contributed by atoms with Crippen LogP contribution in [0.4, 0.5) is 11.9 Å². The molecule has 5 rings (SSSR count). The Balaban J connectivity index is 1.47. The van der Waals surface area contributed by atoms with Gasteiger partial charge in [-0.3, -0.25) is 0 Å². The highest BCUT2D eigenvalue weighted by molar-refractivity contribution is 5.74. The predicted molar refractivity (Wildman–Crippen MR) is 113 cm³/mol. The van der Waals surface area contributed by atoms with Gasteiger partial charge in [0.1, 0.15) is 5.82 Å². The molecule has 0 bridgehead atoms. The van der Waals surface area contributed by atoms with Crippen LogP contribution < -0.4 is 10.2 Å². The number of imidazole rings is 1. The lowest BCUT2D eigenvalue weighted by atomic mass is 10.3. The van der Waals surface area contributed by atoms with Gasteiger partial charge in [-0.1, -0.05) is 19.1 Å². The summed E-state index contributed by atoms with van der Waals surface area (Å²) in [5.41, 5.74) is 3.98. The van der Waals surface area contributed by atoms with Crippen LogP contribution in [0.2, 0.25) is 0 Å². The van der Waals surface area contributed by atoms with Crippen molar-refractivity contribution in [2.24, 2.45) is 0 Å². The number of hydrogen-bond donors (Lipinski definition) is 2. The Bertz CT molecular complexity index is 1100. The van der Waals surface area contributed by atoms with E-state index in [1.807, 2.05) is 30.5 Å². The summed E-state index contributed by atoms with van der Waals surface area (Å²) in [5.74, 6) is 2.30. The van der Waals surface area contributed by atoms with Gasteiger partial charge >= 0.3 is 0 Å². The second-order valence-electron chi connectivity index (χ2n) is 7.45. The largest absolute Gasteiger partial charge is 0.347 e. The minimum absolute atomic E-state index is 0.532. The summed E-state index contributed by atoms with van der Waals surface area (Å²) in [6.45, 7) is 6.52. The summed E-state index contributed by atoms with van der Waals surface area (Å²) in [4.78, 5) is 22.2. The number of likely N-dealkylation sites (N-methyl/N-ethyl adjacent to an activating group) is 1. The minimum Gasteiger partial charge on any atom is -0.347 e. The first-order chi connectivity index (χ1) is 14.2. The number of anilines is 2. The summed E-state index contributed by atoms with van der Waals surface area (Å²) >= 11 is 0. The Morgan fingerprint density at radius 1 is 1.07 bits per heavy atom. The van der Waals surface area contributed by atoms with Crippen molar-refractivity contribution < 1.29 is 0 Å². The van der Waals surface area contributed by atoms with Gasteiger partial charge in [0.15, 0.2) is 5.65 Å². The molecule has 9 nitrogen and oxygen atoms in total. The molecule has 0 radical (unpaired) electrons. The third kappa shape index (κ3) is 3.38. The molecule has 3 aromatic heterocycles. The first-order valence-electron chi connectivity index (χ1n) is 10.1. The summed E-state index contributed by atoms with van der Waals surface area (Å²) < 4.78 is 1.79. The second kappa shape index (κ2) is 7.32. The third-order valence-electron chi connectivity index (χ3n) is 5.45. The molecule has 1 aliphatic rings. The molecule has 4 aromatic rings. The zero-order chi connectivity index (χ0) is 19.8. The number of aryl methyl sites for hydroxylation is 1. The van der Waals surface area contributed by atoms with Crippen molar-refractivity contribution in [3.63, 3.8) is 0 Å². The van der Waals surface area contributed by atoms with Crippen molar-refractivity contribution in [3.8, 4) is 0 Å². The molecular formula is C20H25N9. The van der Waals surface area contributed by atoms with E-state index >= 15 is 0 Å². The summed E-state index contributed by atoms with van der Waals surface area (Å²) in [7, 11) is 2.15. The highest BCUT2D eigenvalue weighted by Gasteiger charge is 2.20. The summed E-state index contributed by atoms with van der Waals surface area (Å²) in [5, 5.41) is 7.92. The van der Waals surface area contributed by atoms with Gasteiger partial charge in [-0.25, -0.2) is 4.98 Å². The molecule has 29 heavy (non-hydrogen) atoms. The average Bonchev–Trinajstić information content (AvgIpc) is 3.36. The normalized spacial score (nSPS) is 15.4. The van der Waals surface area contributed by atoms with Gasteiger partial charge in [0.25, 0.3) is 0 Å². The summed E-state index contributed by atoms with van der Waals surface area (Å²) in [6, 6.07) is 8.03. The van der Waals surface area contributed by atoms with Gasteiger partial charge < -0.3 is 20.1 Å².